The quantitative estimate of drug-likeness (QED) is 0.586. The first kappa shape index (κ1) is 15.0. The lowest BCUT2D eigenvalue weighted by Gasteiger charge is -2.08. The second-order valence-corrected chi connectivity index (χ2v) is 4.27. The summed E-state index contributed by atoms with van der Waals surface area (Å²) >= 11 is 0. The zero-order valence-electron chi connectivity index (χ0n) is 11.0. The Kier molecular flexibility index (Phi) is 4.03. The predicted octanol–water partition coefficient (Wildman–Crippen LogP) is 2.25. The van der Waals surface area contributed by atoms with Crippen LogP contribution < -0.4 is 5.32 Å². The Labute approximate surface area is 123 Å². The van der Waals surface area contributed by atoms with Crippen LogP contribution in [0.5, 0.6) is 5.75 Å². The van der Waals surface area contributed by atoms with Crippen molar-refractivity contribution in [2.24, 2.45) is 0 Å². The molecule has 8 heteroatoms. The smallest absolute Gasteiger partial charge is 0.337 e. The number of carboxylic acid groups (broad SMARTS) is 1. The zero-order chi connectivity index (χ0) is 16.3. The van der Waals surface area contributed by atoms with Crippen LogP contribution in [-0.2, 0) is 0 Å². The highest BCUT2D eigenvalue weighted by Gasteiger charge is 2.17. The number of anilines is 1. The van der Waals surface area contributed by atoms with Gasteiger partial charge in [-0.15, -0.1) is 0 Å². The third-order valence-corrected chi connectivity index (χ3v) is 2.84. The number of para-hydroxylation sites is 1. The van der Waals surface area contributed by atoms with E-state index in [0.717, 1.165) is 18.2 Å². The maximum atomic E-state index is 12.0. The monoisotopic (exact) mass is 302 g/mol. The van der Waals surface area contributed by atoms with E-state index in [0.29, 0.717) is 0 Å². The minimum atomic E-state index is -1.21. The van der Waals surface area contributed by atoms with Crippen molar-refractivity contribution in [2.75, 3.05) is 5.32 Å². The maximum absolute atomic E-state index is 12.0. The predicted molar refractivity (Wildman–Crippen MR) is 76.1 cm³/mol. The highest BCUT2D eigenvalue weighted by molar-refractivity contribution is 6.08. The number of amides is 1. The topological polar surface area (TPSA) is 130 Å². The number of aromatic hydroxyl groups is 1. The van der Waals surface area contributed by atoms with Gasteiger partial charge in [0, 0.05) is 11.6 Å². The van der Waals surface area contributed by atoms with Gasteiger partial charge in [0.15, 0.2) is 5.75 Å². The van der Waals surface area contributed by atoms with E-state index < -0.39 is 28.2 Å². The third kappa shape index (κ3) is 3.01. The van der Waals surface area contributed by atoms with E-state index in [1.165, 1.54) is 18.2 Å². The average Bonchev–Trinajstić information content (AvgIpc) is 2.47. The van der Waals surface area contributed by atoms with Gasteiger partial charge in [0.1, 0.15) is 0 Å². The number of nitrogens with zero attached hydrogens (tertiary/aromatic N) is 1. The van der Waals surface area contributed by atoms with E-state index in [4.69, 9.17) is 5.11 Å². The van der Waals surface area contributed by atoms with Crippen LogP contribution in [0.2, 0.25) is 0 Å². The molecular weight excluding hydrogens is 292 g/mol. The molecule has 22 heavy (non-hydrogen) atoms. The van der Waals surface area contributed by atoms with Gasteiger partial charge in [-0.05, 0) is 24.3 Å². The largest absolute Gasteiger partial charge is 0.502 e. The molecule has 0 atom stereocenters. The number of aromatic carboxylic acids is 1. The van der Waals surface area contributed by atoms with Crippen molar-refractivity contribution >= 4 is 23.3 Å². The van der Waals surface area contributed by atoms with E-state index >= 15 is 0 Å². The summed E-state index contributed by atoms with van der Waals surface area (Å²) in [6.45, 7) is 0. The molecule has 0 spiro atoms. The fourth-order valence-electron chi connectivity index (χ4n) is 1.79. The molecule has 0 saturated carbocycles. The number of hydrogen-bond donors (Lipinski definition) is 3. The molecule has 0 fully saturated rings. The molecule has 0 radical (unpaired) electrons. The molecule has 0 aliphatic heterocycles. The van der Waals surface area contributed by atoms with Crippen LogP contribution in [0.4, 0.5) is 11.4 Å². The van der Waals surface area contributed by atoms with Crippen molar-refractivity contribution in [3.8, 4) is 5.75 Å². The van der Waals surface area contributed by atoms with E-state index in [1.54, 1.807) is 6.07 Å². The van der Waals surface area contributed by atoms with Crippen LogP contribution in [0, 0.1) is 10.1 Å². The minimum Gasteiger partial charge on any atom is -0.502 e. The van der Waals surface area contributed by atoms with Crippen molar-refractivity contribution < 1.29 is 24.7 Å². The van der Waals surface area contributed by atoms with Gasteiger partial charge >= 0.3 is 11.7 Å². The van der Waals surface area contributed by atoms with Crippen LogP contribution in [0.1, 0.15) is 20.7 Å². The molecular formula is C14H10N2O6. The van der Waals surface area contributed by atoms with Crippen molar-refractivity contribution in [2.45, 2.75) is 0 Å². The standard InChI is InChI=1S/C14H10N2O6/c17-12-7-8(5-6-11(12)16(21)22)13(18)15-10-4-2-1-3-9(10)14(19)20/h1-7,17H,(H,15,18)(H,19,20). The van der Waals surface area contributed by atoms with Gasteiger partial charge in [0.25, 0.3) is 5.91 Å². The number of nitro benzene ring substituents is 1. The number of nitro groups is 1. The molecule has 0 aliphatic carbocycles. The Morgan fingerprint density at radius 2 is 1.82 bits per heavy atom. The minimum absolute atomic E-state index is 0.0386. The number of phenols is 1. The second kappa shape index (κ2) is 5.92. The molecule has 3 N–H and O–H groups in total. The van der Waals surface area contributed by atoms with Crippen molar-refractivity contribution in [3.63, 3.8) is 0 Å². The van der Waals surface area contributed by atoms with Crippen molar-refractivity contribution in [1.29, 1.82) is 0 Å². The SMILES string of the molecule is O=C(Nc1ccccc1C(=O)O)c1ccc([N+](=O)[O-])c(O)c1. The Bertz CT molecular complexity index is 772. The molecule has 0 aliphatic rings. The fraction of sp³-hybridized carbons (Fsp3) is 0. The zero-order valence-corrected chi connectivity index (χ0v) is 11.0. The molecule has 2 aromatic carbocycles. The van der Waals surface area contributed by atoms with Crippen LogP contribution in [0.15, 0.2) is 42.5 Å². The molecule has 112 valence electrons. The molecule has 0 saturated heterocycles. The summed E-state index contributed by atoms with van der Waals surface area (Å²) in [7, 11) is 0. The van der Waals surface area contributed by atoms with Gasteiger partial charge in [-0.1, -0.05) is 12.1 Å². The number of carboxylic acids is 1. The van der Waals surface area contributed by atoms with Crippen molar-refractivity contribution in [3.05, 3.63) is 63.7 Å². The number of carbonyl (C=O) groups excluding carboxylic acids is 1. The average molecular weight is 302 g/mol. The van der Waals surface area contributed by atoms with Crippen LogP contribution in [-0.4, -0.2) is 27.0 Å². The van der Waals surface area contributed by atoms with E-state index in [9.17, 15) is 24.8 Å². The number of carbonyl (C=O) groups is 2. The summed E-state index contributed by atoms with van der Waals surface area (Å²) in [6.07, 6.45) is 0. The normalized spacial score (nSPS) is 10.0. The lowest BCUT2D eigenvalue weighted by Crippen LogP contribution is -2.14. The number of nitrogens with one attached hydrogen (secondary N) is 1. The van der Waals surface area contributed by atoms with E-state index in [2.05, 4.69) is 5.32 Å². The van der Waals surface area contributed by atoms with Crippen LogP contribution in [0.25, 0.3) is 0 Å². The summed E-state index contributed by atoms with van der Waals surface area (Å²) in [5.74, 6) is -2.55. The number of benzene rings is 2. The molecule has 0 aromatic heterocycles. The highest BCUT2D eigenvalue weighted by atomic mass is 16.6. The van der Waals surface area contributed by atoms with E-state index in [-0.39, 0.29) is 16.8 Å². The molecule has 2 aromatic rings. The lowest BCUT2D eigenvalue weighted by molar-refractivity contribution is -0.385. The lowest BCUT2D eigenvalue weighted by atomic mass is 10.1. The van der Waals surface area contributed by atoms with Gasteiger partial charge in [-0.3, -0.25) is 14.9 Å². The second-order valence-electron chi connectivity index (χ2n) is 4.27. The molecule has 2 rings (SSSR count). The summed E-state index contributed by atoms with van der Waals surface area (Å²) in [5, 5.41) is 31.5. The Balaban J connectivity index is 2.29. The molecule has 0 bridgehead atoms. The first-order chi connectivity index (χ1) is 10.4. The summed E-state index contributed by atoms with van der Waals surface area (Å²) in [6, 6.07) is 8.89. The van der Waals surface area contributed by atoms with Crippen LogP contribution >= 0.6 is 0 Å². The first-order valence-corrected chi connectivity index (χ1v) is 6.01. The Morgan fingerprint density at radius 3 is 2.41 bits per heavy atom. The fourth-order valence-corrected chi connectivity index (χ4v) is 1.79. The first-order valence-electron chi connectivity index (χ1n) is 6.01. The summed E-state index contributed by atoms with van der Waals surface area (Å²) < 4.78 is 0. The number of phenolic OH excluding ortho intramolecular Hbond substituents is 1. The van der Waals surface area contributed by atoms with Gasteiger partial charge in [-0.2, -0.15) is 0 Å². The number of rotatable bonds is 4. The third-order valence-electron chi connectivity index (χ3n) is 2.84. The molecule has 8 nitrogen and oxygen atoms in total. The molecule has 0 heterocycles. The van der Waals surface area contributed by atoms with Gasteiger partial charge in [0.2, 0.25) is 0 Å². The van der Waals surface area contributed by atoms with Gasteiger partial charge in [-0.25, -0.2) is 4.79 Å². The number of hydrogen-bond acceptors (Lipinski definition) is 5. The summed E-state index contributed by atoms with van der Waals surface area (Å²) in [4.78, 5) is 32.9. The summed E-state index contributed by atoms with van der Waals surface area (Å²) in [5.41, 5.74) is -0.578. The molecule has 1 amide bonds. The van der Waals surface area contributed by atoms with Crippen LogP contribution in [0.3, 0.4) is 0 Å². The van der Waals surface area contributed by atoms with Gasteiger partial charge < -0.3 is 15.5 Å². The van der Waals surface area contributed by atoms with Gasteiger partial charge in [0.05, 0.1) is 16.2 Å². The highest BCUT2D eigenvalue weighted by Crippen LogP contribution is 2.26. The maximum Gasteiger partial charge on any atom is 0.337 e. The van der Waals surface area contributed by atoms with E-state index in [1.807, 2.05) is 0 Å². The Hall–Kier alpha value is -3.42. The Morgan fingerprint density at radius 1 is 1.14 bits per heavy atom. The van der Waals surface area contributed by atoms with Crippen molar-refractivity contribution in [1.82, 2.24) is 0 Å². The molecule has 0 unspecified atom stereocenters.